The monoisotopic (exact) mass is 316 g/mol. The van der Waals surface area contributed by atoms with Crippen LogP contribution in [0, 0.1) is 0 Å². The lowest BCUT2D eigenvalue weighted by molar-refractivity contribution is 0.381. The summed E-state index contributed by atoms with van der Waals surface area (Å²) in [6.45, 7) is 2.23. The summed E-state index contributed by atoms with van der Waals surface area (Å²) in [6.07, 6.45) is 13.4. The largest absolute Gasteiger partial charge is 0.447 e. The molecular formula is C16H28O4S. The number of hydrogen-bond acceptors (Lipinski definition) is 3. The van der Waals surface area contributed by atoms with Crippen molar-refractivity contribution in [2.75, 3.05) is 0 Å². The second-order valence-electron chi connectivity index (χ2n) is 5.63. The fraction of sp³-hybridized carbons (Fsp3) is 0.750. The molecule has 122 valence electrons. The van der Waals surface area contributed by atoms with Crippen LogP contribution < -0.4 is 0 Å². The van der Waals surface area contributed by atoms with Crippen LogP contribution in [0.1, 0.15) is 76.9 Å². The lowest BCUT2D eigenvalue weighted by Gasteiger charge is -2.01. The van der Waals surface area contributed by atoms with E-state index in [1.165, 1.54) is 57.4 Å². The van der Waals surface area contributed by atoms with Gasteiger partial charge in [-0.05, 0) is 18.6 Å². The molecule has 1 heterocycles. The highest BCUT2D eigenvalue weighted by Gasteiger charge is 2.14. The quantitative estimate of drug-likeness (QED) is 0.436. The molecule has 0 amide bonds. The fourth-order valence-electron chi connectivity index (χ4n) is 2.42. The van der Waals surface area contributed by atoms with Crippen molar-refractivity contribution in [3.05, 3.63) is 17.9 Å². The van der Waals surface area contributed by atoms with E-state index >= 15 is 0 Å². The van der Waals surface area contributed by atoms with Gasteiger partial charge < -0.3 is 4.42 Å². The van der Waals surface area contributed by atoms with Gasteiger partial charge in [-0.25, -0.2) is 0 Å². The van der Waals surface area contributed by atoms with Gasteiger partial charge in [-0.3, -0.25) is 4.55 Å². The third-order valence-corrected chi connectivity index (χ3v) is 4.40. The lowest BCUT2D eigenvalue weighted by Crippen LogP contribution is -1.94. The first-order valence-electron chi connectivity index (χ1n) is 8.10. The minimum Gasteiger partial charge on any atom is -0.447 e. The van der Waals surface area contributed by atoms with Gasteiger partial charge in [-0.2, -0.15) is 8.42 Å². The molecule has 21 heavy (non-hydrogen) atoms. The van der Waals surface area contributed by atoms with Crippen molar-refractivity contribution >= 4 is 10.1 Å². The molecule has 0 radical (unpaired) electrons. The summed E-state index contributed by atoms with van der Waals surface area (Å²) in [5, 5.41) is -0.357. The second-order valence-corrected chi connectivity index (χ2v) is 6.98. The Morgan fingerprint density at radius 2 is 1.43 bits per heavy atom. The molecule has 0 atom stereocenters. The number of rotatable bonds is 12. The molecule has 0 aliphatic carbocycles. The Morgan fingerprint density at radius 3 is 1.90 bits per heavy atom. The van der Waals surface area contributed by atoms with Crippen LogP contribution in [-0.2, 0) is 16.5 Å². The van der Waals surface area contributed by atoms with Crippen molar-refractivity contribution in [2.24, 2.45) is 0 Å². The minimum absolute atomic E-state index is 0.357. The third kappa shape index (κ3) is 8.27. The summed E-state index contributed by atoms with van der Waals surface area (Å²) in [5.74, 6) is 0.627. The zero-order chi connectivity index (χ0) is 15.6. The van der Waals surface area contributed by atoms with Crippen molar-refractivity contribution in [2.45, 2.75) is 82.6 Å². The Bertz CT molecular complexity index is 476. The number of aryl methyl sites for hydroxylation is 1. The van der Waals surface area contributed by atoms with Crippen LogP contribution in [0.15, 0.2) is 21.6 Å². The minimum atomic E-state index is -4.20. The van der Waals surface area contributed by atoms with Crippen LogP contribution in [-0.4, -0.2) is 13.0 Å². The molecule has 0 saturated heterocycles. The molecule has 1 aromatic heterocycles. The Labute approximate surface area is 128 Å². The van der Waals surface area contributed by atoms with Crippen LogP contribution in [0.4, 0.5) is 0 Å². The van der Waals surface area contributed by atoms with Crippen LogP contribution in [0.25, 0.3) is 0 Å². The number of unbranched alkanes of at least 4 members (excludes halogenated alkanes) is 9. The van der Waals surface area contributed by atoms with Gasteiger partial charge in [0.15, 0.2) is 0 Å². The molecule has 0 bridgehead atoms. The Balaban J connectivity index is 2.01. The summed E-state index contributed by atoms with van der Waals surface area (Å²) < 4.78 is 35.6. The van der Waals surface area contributed by atoms with Crippen molar-refractivity contribution in [3.8, 4) is 0 Å². The Kier molecular flexibility index (Phi) is 8.69. The van der Waals surface area contributed by atoms with Gasteiger partial charge in [-0.1, -0.05) is 64.7 Å². The smallest absolute Gasteiger partial charge is 0.328 e. The Morgan fingerprint density at radius 1 is 0.905 bits per heavy atom. The standard InChI is InChI=1S/C16H28O4S/c1-2-3-4-5-6-7-8-9-10-11-12-15-13-14-16(20-15)21(17,18)19/h13-14H,2-12H2,1H3,(H,17,18,19). The first kappa shape index (κ1) is 18.2. The Hall–Kier alpha value is -0.810. The van der Waals surface area contributed by atoms with E-state index in [1.54, 1.807) is 6.07 Å². The summed E-state index contributed by atoms with van der Waals surface area (Å²) >= 11 is 0. The van der Waals surface area contributed by atoms with E-state index in [-0.39, 0.29) is 5.09 Å². The van der Waals surface area contributed by atoms with Gasteiger partial charge in [-0.15, -0.1) is 0 Å². The van der Waals surface area contributed by atoms with Gasteiger partial charge in [0, 0.05) is 6.42 Å². The van der Waals surface area contributed by atoms with Crippen LogP contribution in [0.2, 0.25) is 0 Å². The molecule has 0 aliphatic rings. The average molecular weight is 316 g/mol. The lowest BCUT2D eigenvalue weighted by atomic mass is 10.1. The number of hydrogen-bond donors (Lipinski definition) is 1. The summed E-state index contributed by atoms with van der Waals surface area (Å²) in [5.41, 5.74) is 0. The van der Waals surface area contributed by atoms with Crippen LogP contribution >= 0.6 is 0 Å². The second kappa shape index (κ2) is 10.0. The molecule has 1 aromatic rings. The van der Waals surface area contributed by atoms with Crippen molar-refractivity contribution in [1.82, 2.24) is 0 Å². The molecule has 0 aromatic carbocycles. The number of furan rings is 1. The zero-order valence-electron chi connectivity index (χ0n) is 13.0. The van der Waals surface area contributed by atoms with E-state index in [0.29, 0.717) is 5.76 Å². The van der Waals surface area contributed by atoms with E-state index < -0.39 is 10.1 Å². The molecule has 5 heteroatoms. The zero-order valence-corrected chi connectivity index (χ0v) is 13.8. The van der Waals surface area contributed by atoms with E-state index in [2.05, 4.69) is 6.92 Å². The molecular weight excluding hydrogens is 288 g/mol. The van der Waals surface area contributed by atoms with Gasteiger partial charge in [0.05, 0.1) is 0 Å². The van der Waals surface area contributed by atoms with Gasteiger partial charge >= 0.3 is 10.1 Å². The molecule has 1 N–H and O–H groups in total. The molecule has 0 spiro atoms. The molecule has 0 fully saturated rings. The fourth-order valence-corrected chi connectivity index (χ4v) is 2.87. The highest BCUT2D eigenvalue weighted by molar-refractivity contribution is 7.85. The van der Waals surface area contributed by atoms with Crippen molar-refractivity contribution in [3.63, 3.8) is 0 Å². The van der Waals surface area contributed by atoms with E-state index in [0.717, 1.165) is 19.3 Å². The maximum atomic E-state index is 10.9. The highest BCUT2D eigenvalue weighted by Crippen LogP contribution is 2.16. The summed E-state index contributed by atoms with van der Waals surface area (Å²) in [6, 6.07) is 2.93. The first-order chi connectivity index (χ1) is 10.0. The molecule has 4 nitrogen and oxygen atoms in total. The van der Waals surface area contributed by atoms with Crippen molar-refractivity contribution < 1.29 is 17.4 Å². The third-order valence-electron chi connectivity index (χ3n) is 3.67. The van der Waals surface area contributed by atoms with E-state index in [9.17, 15) is 8.42 Å². The molecule has 0 unspecified atom stereocenters. The van der Waals surface area contributed by atoms with E-state index in [1.807, 2.05) is 0 Å². The average Bonchev–Trinajstić information content (AvgIpc) is 2.90. The van der Waals surface area contributed by atoms with Crippen molar-refractivity contribution in [1.29, 1.82) is 0 Å². The topological polar surface area (TPSA) is 67.5 Å². The molecule has 1 rings (SSSR count). The maximum Gasteiger partial charge on any atom is 0.328 e. The predicted octanol–water partition coefficient (Wildman–Crippen LogP) is 4.99. The molecule has 0 saturated carbocycles. The van der Waals surface area contributed by atoms with Crippen LogP contribution in [0.5, 0.6) is 0 Å². The van der Waals surface area contributed by atoms with E-state index in [4.69, 9.17) is 8.97 Å². The van der Waals surface area contributed by atoms with Gasteiger partial charge in [0.2, 0.25) is 5.09 Å². The summed E-state index contributed by atoms with van der Waals surface area (Å²) in [7, 11) is -4.20. The SMILES string of the molecule is CCCCCCCCCCCCc1ccc(S(=O)(=O)O)o1. The van der Waals surface area contributed by atoms with Gasteiger partial charge in [0.1, 0.15) is 5.76 Å². The molecule has 0 aliphatic heterocycles. The summed E-state index contributed by atoms with van der Waals surface area (Å²) in [4.78, 5) is 0. The normalized spacial score (nSPS) is 11.9. The first-order valence-corrected chi connectivity index (χ1v) is 9.54. The highest BCUT2D eigenvalue weighted by atomic mass is 32.2. The van der Waals surface area contributed by atoms with Crippen LogP contribution in [0.3, 0.4) is 0 Å². The van der Waals surface area contributed by atoms with Gasteiger partial charge in [0.25, 0.3) is 0 Å². The maximum absolute atomic E-state index is 10.9. The predicted molar refractivity (Wildman–Crippen MR) is 84.1 cm³/mol.